The van der Waals surface area contributed by atoms with Gasteiger partial charge in [0.05, 0.1) is 5.69 Å². The first-order chi connectivity index (χ1) is 9.42. The Kier molecular flexibility index (Phi) is 5.20. The normalized spacial score (nSPS) is 12.8. The van der Waals surface area contributed by atoms with Crippen LogP contribution in [0.3, 0.4) is 0 Å². The molecule has 1 amide bonds. The van der Waals surface area contributed by atoms with Crippen LogP contribution < -0.4 is 5.32 Å². The number of carbonyl (C=O) groups excluding carboxylic acids is 1. The van der Waals surface area contributed by atoms with Crippen LogP contribution >= 0.6 is 0 Å². The zero-order valence-electron chi connectivity index (χ0n) is 14.7. The summed E-state index contributed by atoms with van der Waals surface area (Å²) in [5, 5.41) is 7.47. The topological polar surface area (TPSA) is 50.2 Å². The minimum atomic E-state index is -0.0627. The predicted molar refractivity (Wildman–Crippen MR) is 86.6 cm³/mol. The molecule has 0 atom stereocenters. The summed E-state index contributed by atoms with van der Waals surface area (Å²) in [7, 11) is 5.90. The summed E-state index contributed by atoms with van der Waals surface area (Å²) < 4.78 is 1.66. The fraction of sp³-hybridized carbons (Fsp3) is 0.750. The molecule has 0 saturated heterocycles. The fourth-order valence-electron chi connectivity index (χ4n) is 2.37. The van der Waals surface area contributed by atoms with Crippen molar-refractivity contribution in [3.63, 3.8) is 0 Å². The highest BCUT2D eigenvalue weighted by atomic mass is 16.2. The number of nitrogens with one attached hydrogen (secondary N) is 1. The van der Waals surface area contributed by atoms with E-state index in [1.807, 2.05) is 27.2 Å². The van der Waals surface area contributed by atoms with Gasteiger partial charge in [-0.15, -0.1) is 0 Å². The lowest BCUT2D eigenvalue weighted by Crippen LogP contribution is -2.40. The number of hydrogen-bond donors (Lipinski definition) is 1. The van der Waals surface area contributed by atoms with E-state index in [0.29, 0.717) is 12.2 Å². The van der Waals surface area contributed by atoms with Gasteiger partial charge in [0.15, 0.2) is 0 Å². The second kappa shape index (κ2) is 6.18. The van der Waals surface area contributed by atoms with Crippen molar-refractivity contribution in [3.05, 3.63) is 17.5 Å². The molecule has 0 bridgehead atoms. The van der Waals surface area contributed by atoms with Crippen LogP contribution in [0.5, 0.6) is 0 Å². The molecule has 0 aliphatic rings. The molecular formula is C16H30N4O. The van der Waals surface area contributed by atoms with E-state index in [2.05, 4.69) is 49.9 Å². The van der Waals surface area contributed by atoms with Crippen LogP contribution in [0.15, 0.2) is 6.07 Å². The number of aromatic nitrogens is 2. The van der Waals surface area contributed by atoms with Crippen LogP contribution in [0.1, 0.15) is 50.8 Å². The number of carbonyl (C=O) groups is 1. The van der Waals surface area contributed by atoms with Gasteiger partial charge in [0.1, 0.15) is 5.69 Å². The van der Waals surface area contributed by atoms with Gasteiger partial charge in [0, 0.05) is 25.6 Å². The quantitative estimate of drug-likeness (QED) is 0.904. The molecule has 0 aliphatic carbocycles. The van der Waals surface area contributed by atoms with Gasteiger partial charge in [-0.25, -0.2) is 0 Å². The van der Waals surface area contributed by atoms with Crippen LogP contribution in [0.2, 0.25) is 0 Å². The maximum absolute atomic E-state index is 12.4. The maximum Gasteiger partial charge on any atom is 0.269 e. The van der Waals surface area contributed by atoms with Gasteiger partial charge < -0.3 is 10.2 Å². The molecule has 0 radical (unpaired) electrons. The highest BCUT2D eigenvalue weighted by molar-refractivity contribution is 5.92. The monoisotopic (exact) mass is 294 g/mol. The molecule has 1 heterocycles. The van der Waals surface area contributed by atoms with Gasteiger partial charge in [-0.05, 0) is 25.6 Å². The molecule has 1 aromatic heterocycles. The molecule has 120 valence electrons. The predicted octanol–water partition coefficient (Wildman–Crippen LogP) is 2.04. The Morgan fingerprint density at radius 1 is 1.29 bits per heavy atom. The lowest BCUT2D eigenvalue weighted by Gasteiger charge is -2.28. The van der Waals surface area contributed by atoms with E-state index in [0.717, 1.165) is 12.2 Å². The average molecular weight is 294 g/mol. The average Bonchev–Trinajstić information content (AvgIpc) is 2.66. The third-order valence-corrected chi connectivity index (χ3v) is 3.35. The Labute approximate surface area is 128 Å². The number of hydrogen-bond acceptors (Lipinski definition) is 3. The summed E-state index contributed by atoms with van der Waals surface area (Å²) in [5.41, 5.74) is 1.52. The van der Waals surface area contributed by atoms with Crippen LogP contribution in [0.4, 0.5) is 0 Å². The highest BCUT2D eigenvalue weighted by Crippen LogP contribution is 2.21. The van der Waals surface area contributed by atoms with Gasteiger partial charge in [-0.2, -0.15) is 5.10 Å². The molecule has 0 spiro atoms. The number of rotatable bonds is 5. The van der Waals surface area contributed by atoms with Crippen molar-refractivity contribution in [2.45, 2.75) is 40.0 Å². The summed E-state index contributed by atoms with van der Waals surface area (Å²) in [6, 6.07) is 1.88. The Balaban J connectivity index is 2.75. The first-order valence-corrected chi connectivity index (χ1v) is 7.40. The van der Waals surface area contributed by atoms with E-state index in [1.54, 1.807) is 4.68 Å². The van der Waals surface area contributed by atoms with Crippen LogP contribution in [0, 0.1) is 5.41 Å². The van der Waals surface area contributed by atoms with Crippen molar-refractivity contribution in [1.82, 2.24) is 20.0 Å². The Hall–Kier alpha value is -1.36. The molecule has 1 N–H and O–H groups in total. The molecular weight excluding hydrogens is 264 g/mol. The lowest BCUT2D eigenvalue weighted by molar-refractivity contribution is 0.0919. The van der Waals surface area contributed by atoms with Crippen molar-refractivity contribution in [2.75, 3.05) is 27.2 Å². The minimum absolute atomic E-state index is 0.0324. The van der Waals surface area contributed by atoms with Gasteiger partial charge in [-0.3, -0.25) is 9.48 Å². The molecule has 5 heteroatoms. The van der Waals surface area contributed by atoms with Crippen molar-refractivity contribution in [2.24, 2.45) is 12.5 Å². The number of amides is 1. The molecule has 0 fully saturated rings. The van der Waals surface area contributed by atoms with Gasteiger partial charge >= 0.3 is 0 Å². The Morgan fingerprint density at radius 3 is 2.29 bits per heavy atom. The third-order valence-electron chi connectivity index (χ3n) is 3.35. The third kappa shape index (κ3) is 5.16. The smallest absolute Gasteiger partial charge is 0.269 e. The summed E-state index contributed by atoms with van der Waals surface area (Å²) in [5.74, 6) is -0.0627. The molecule has 1 rings (SSSR count). The molecule has 0 saturated carbocycles. The van der Waals surface area contributed by atoms with E-state index in [1.165, 1.54) is 0 Å². The molecule has 1 aromatic rings. The van der Waals surface area contributed by atoms with E-state index in [-0.39, 0.29) is 16.7 Å². The van der Waals surface area contributed by atoms with E-state index in [4.69, 9.17) is 0 Å². The van der Waals surface area contributed by atoms with Crippen LogP contribution in [-0.2, 0) is 12.5 Å². The summed E-state index contributed by atoms with van der Waals surface area (Å²) >= 11 is 0. The van der Waals surface area contributed by atoms with Gasteiger partial charge in [0.25, 0.3) is 5.91 Å². The number of aryl methyl sites for hydroxylation is 1. The van der Waals surface area contributed by atoms with Crippen molar-refractivity contribution >= 4 is 5.91 Å². The second-order valence-electron chi connectivity index (χ2n) is 7.87. The number of nitrogens with zero attached hydrogens (tertiary/aromatic N) is 3. The fourth-order valence-corrected chi connectivity index (χ4v) is 2.37. The Bertz CT molecular complexity index is 495. The molecule has 0 aromatic carbocycles. The highest BCUT2D eigenvalue weighted by Gasteiger charge is 2.24. The first kappa shape index (κ1) is 17.7. The first-order valence-electron chi connectivity index (χ1n) is 7.40. The second-order valence-corrected chi connectivity index (χ2v) is 7.87. The van der Waals surface area contributed by atoms with Gasteiger partial charge in [-0.1, -0.05) is 34.6 Å². The molecule has 0 unspecified atom stereocenters. The van der Waals surface area contributed by atoms with Gasteiger partial charge in [0.2, 0.25) is 0 Å². The van der Waals surface area contributed by atoms with Crippen LogP contribution in [-0.4, -0.2) is 47.8 Å². The van der Waals surface area contributed by atoms with Crippen LogP contribution in [0.25, 0.3) is 0 Å². The van der Waals surface area contributed by atoms with E-state index >= 15 is 0 Å². The molecule has 0 aliphatic heterocycles. The summed E-state index contributed by atoms with van der Waals surface area (Å²) in [6.07, 6.45) is 0. The Morgan fingerprint density at radius 2 is 1.86 bits per heavy atom. The zero-order valence-corrected chi connectivity index (χ0v) is 14.7. The zero-order chi connectivity index (χ0) is 16.4. The van der Waals surface area contributed by atoms with Crippen molar-refractivity contribution in [1.29, 1.82) is 0 Å². The molecule has 21 heavy (non-hydrogen) atoms. The van der Waals surface area contributed by atoms with E-state index in [9.17, 15) is 4.79 Å². The van der Waals surface area contributed by atoms with Crippen molar-refractivity contribution < 1.29 is 4.79 Å². The lowest BCUT2D eigenvalue weighted by atomic mass is 9.92. The SMILES string of the molecule is CN(C)CC(C)(C)CNC(=O)c1cc(C(C)(C)C)nn1C. The summed E-state index contributed by atoms with van der Waals surface area (Å²) in [4.78, 5) is 14.5. The minimum Gasteiger partial charge on any atom is -0.350 e. The standard InChI is InChI=1S/C16H30N4O/c1-15(2,3)13-9-12(20(8)18-13)14(21)17-10-16(4,5)11-19(6)7/h9H,10-11H2,1-8H3,(H,17,21). The van der Waals surface area contributed by atoms with E-state index < -0.39 is 0 Å². The molecule has 5 nitrogen and oxygen atoms in total. The largest absolute Gasteiger partial charge is 0.350 e. The van der Waals surface area contributed by atoms with Crippen molar-refractivity contribution in [3.8, 4) is 0 Å². The summed E-state index contributed by atoms with van der Waals surface area (Å²) in [6.45, 7) is 12.1. The maximum atomic E-state index is 12.4.